The molecule has 2 aromatic heterocycles. The highest BCUT2D eigenvalue weighted by atomic mass is 35.5. The normalized spacial score (nSPS) is 14.6. The Morgan fingerprint density at radius 1 is 1.02 bits per heavy atom. The topological polar surface area (TPSA) is 93.5 Å². The van der Waals surface area contributed by atoms with Gasteiger partial charge >= 0.3 is 5.97 Å². The van der Waals surface area contributed by atoms with Crippen LogP contribution in [0.4, 0.5) is 0 Å². The number of carbonyl (C=O) groups excluding carboxylic acids is 1. The van der Waals surface area contributed by atoms with Gasteiger partial charge in [0.2, 0.25) is 5.91 Å². The van der Waals surface area contributed by atoms with E-state index in [2.05, 4.69) is 53.2 Å². The quantitative estimate of drug-likeness (QED) is 0.170. The van der Waals surface area contributed by atoms with Gasteiger partial charge in [-0.1, -0.05) is 72.3 Å². The van der Waals surface area contributed by atoms with E-state index >= 15 is 0 Å². The van der Waals surface area contributed by atoms with E-state index in [1.807, 2.05) is 43.3 Å². The number of ether oxygens (including phenoxy) is 1. The summed E-state index contributed by atoms with van der Waals surface area (Å²) in [5, 5.41) is 15.3. The number of carbonyl (C=O) groups is 2. The molecule has 0 spiro atoms. The third-order valence-corrected chi connectivity index (χ3v) is 9.55. The molecule has 1 unspecified atom stereocenters. The Morgan fingerprint density at radius 3 is 2.47 bits per heavy atom. The number of amides is 1. The Hall–Kier alpha value is -4.20. The van der Waals surface area contributed by atoms with Crippen molar-refractivity contribution in [3.63, 3.8) is 0 Å². The van der Waals surface area contributed by atoms with Crippen molar-refractivity contribution in [3.8, 4) is 0 Å². The Kier molecular flexibility index (Phi) is 9.19. The first kappa shape index (κ1) is 30.8. The van der Waals surface area contributed by atoms with Gasteiger partial charge in [0.05, 0.1) is 11.4 Å². The number of benzene rings is 3. The first-order valence-electron chi connectivity index (χ1n) is 15.6. The molecule has 0 aliphatic carbocycles. The van der Waals surface area contributed by atoms with Crippen molar-refractivity contribution >= 4 is 45.4 Å². The second kappa shape index (κ2) is 13.4. The molecule has 45 heavy (non-hydrogen) atoms. The standard InChI is InChI=1S/C37H38ClN3O4/c1-23-29(15-16-33(42)43)24(2)40-36-34(23)30-8-4-6-10-32(30)41(36)22-25-11-13-26(14-12-25)35(27-17-19-45-20-18-27)37(44)39-21-28-7-3-5-9-31(28)38/h3-14,27,35H,15-22H2,1-2H3,(H,39,44)(H,42,43). The minimum Gasteiger partial charge on any atom is -0.481 e. The summed E-state index contributed by atoms with van der Waals surface area (Å²) in [4.78, 5) is 30.0. The molecule has 0 radical (unpaired) electrons. The first-order valence-corrected chi connectivity index (χ1v) is 16.0. The van der Waals surface area contributed by atoms with E-state index in [0.717, 1.165) is 68.3 Å². The molecular formula is C37H38ClN3O4. The molecule has 3 heterocycles. The van der Waals surface area contributed by atoms with E-state index in [1.54, 1.807) is 0 Å². The Labute approximate surface area is 268 Å². The summed E-state index contributed by atoms with van der Waals surface area (Å²) in [7, 11) is 0. The molecule has 1 aliphatic heterocycles. The van der Waals surface area contributed by atoms with E-state index < -0.39 is 5.97 Å². The summed E-state index contributed by atoms with van der Waals surface area (Å²) < 4.78 is 7.87. The number of halogens is 1. The van der Waals surface area contributed by atoms with E-state index in [0.29, 0.717) is 37.7 Å². The minimum atomic E-state index is -0.808. The number of carboxylic acid groups (broad SMARTS) is 1. The number of aryl methyl sites for hydroxylation is 2. The zero-order valence-electron chi connectivity index (χ0n) is 25.7. The molecular weight excluding hydrogens is 586 g/mol. The minimum absolute atomic E-state index is 0.00539. The molecule has 1 aliphatic rings. The molecule has 8 heteroatoms. The van der Waals surface area contributed by atoms with Crippen LogP contribution in [0.2, 0.25) is 5.02 Å². The Balaban J connectivity index is 1.30. The number of rotatable bonds is 10. The van der Waals surface area contributed by atoms with Crippen molar-refractivity contribution in [1.29, 1.82) is 0 Å². The van der Waals surface area contributed by atoms with Gasteiger partial charge in [0, 0.05) is 54.2 Å². The number of pyridine rings is 1. The SMILES string of the molecule is Cc1nc2c(c(C)c1CCC(=O)O)c1ccccc1n2Cc1ccc(C(C(=O)NCc2ccccc2Cl)C2CCOCC2)cc1. The molecule has 7 nitrogen and oxygen atoms in total. The summed E-state index contributed by atoms with van der Waals surface area (Å²) in [5.74, 6) is -0.892. The van der Waals surface area contributed by atoms with Crippen molar-refractivity contribution in [2.75, 3.05) is 13.2 Å². The maximum Gasteiger partial charge on any atom is 0.303 e. The van der Waals surface area contributed by atoms with Crippen LogP contribution in [0.1, 0.15) is 58.7 Å². The van der Waals surface area contributed by atoms with Crippen LogP contribution in [-0.2, 0) is 33.8 Å². The maximum atomic E-state index is 13.7. The van der Waals surface area contributed by atoms with Gasteiger partial charge in [-0.3, -0.25) is 9.59 Å². The lowest BCUT2D eigenvalue weighted by molar-refractivity contribution is -0.137. The molecule has 1 amide bonds. The maximum absolute atomic E-state index is 13.7. The highest BCUT2D eigenvalue weighted by Crippen LogP contribution is 2.35. The fourth-order valence-corrected chi connectivity index (χ4v) is 7.02. The first-order chi connectivity index (χ1) is 21.8. The van der Waals surface area contributed by atoms with Gasteiger partial charge in [0.15, 0.2) is 0 Å². The molecule has 1 atom stereocenters. The van der Waals surface area contributed by atoms with Crippen molar-refractivity contribution in [2.24, 2.45) is 5.92 Å². The van der Waals surface area contributed by atoms with E-state index in [4.69, 9.17) is 21.3 Å². The highest BCUT2D eigenvalue weighted by Gasteiger charge is 2.31. The molecule has 1 fully saturated rings. The largest absolute Gasteiger partial charge is 0.481 e. The predicted molar refractivity (Wildman–Crippen MR) is 178 cm³/mol. The van der Waals surface area contributed by atoms with E-state index in [-0.39, 0.29) is 24.2 Å². The zero-order chi connectivity index (χ0) is 31.5. The molecule has 0 saturated carbocycles. The molecule has 5 aromatic rings. The molecule has 2 N–H and O–H groups in total. The monoisotopic (exact) mass is 623 g/mol. The molecule has 6 rings (SSSR count). The van der Waals surface area contributed by atoms with Crippen molar-refractivity contribution < 1.29 is 19.4 Å². The summed E-state index contributed by atoms with van der Waals surface area (Å²) in [6, 6.07) is 24.3. The van der Waals surface area contributed by atoms with Crippen LogP contribution >= 0.6 is 11.6 Å². The second-order valence-electron chi connectivity index (χ2n) is 12.0. The van der Waals surface area contributed by atoms with Gasteiger partial charge in [-0.15, -0.1) is 0 Å². The molecule has 3 aromatic carbocycles. The van der Waals surface area contributed by atoms with Gasteiger partial charge in [-0.2, -0.15) is 0 Å². The summed E-state index contributed by atoms with van der Waals surface area (Å²) in [6.45, 7) is 6.36. The smallest absolute Gasteiger partial charge is 0.303 e. The number of hydrogen-bond donors (Lipinski definition) is 2. The fourth-order valence-electron chi connectivity index (χ4n) is 6.82. The van der Waals surface area contributed by atoms with E-state index in [9.17, 15) is 14.7 Å². The van der Waals surface area contributed by atoms with Crippen LogP contribution in [-0.4, -0.2) is 39.7 Å². The number of para-hydroxylation sites is 1. The second-order valence-corrected chi connectivity index (χ2v) is 12.4. The van der Waals surface area contributed by atoms with Crippen molar-refractivity contribution in [1.82, 2.24) is 14.9 Å². The number of nitrogens with one attached hydrogen (secondary N) is 1. The van der Waals surface area contributed by atoms with E-state index in [1.165, 1.54) is 0 Å². The van der Waals surface area contributed by atoms with Crippen LogP contribution in [0.3, 0.4) is 0 Å². The third-order valence-electron chi connectivity index (χ3n) is 9.18. The number of nitrogens with zero attached hydrogens (tertiary/aromatic N) is 2. The lowest BCUT2D eigenvalue weighted by Gasteiger charge is -2.30. The van der Waals surface area contributed by atoms with Crippen LogP contribution in [0, 0.1) is 19.8 Å². The third kappa shape index (κ3) is 6.46. The number of hydrogen-bond acceptors (Lipinski definition) is 4. The number of aromatic nitrogens is 2. The van der Waals surface area contributed by atoms with Crippen molar-refractivity contribution in [3.05, 3.63) is 111 Å². The molecule has 0 bridgehead atoms. The number of aliphatic carboxylic acids is 1. The molecule has 232 valence electrons. The lowest BCUT2D eigenvalue weighted by atomic mass is 9.80. The fraction of sp³-hybridized carbons (Fsp3) is 0.324. The predicted octanol–water partition coefficient (Wildman–Crippen LogP) is 7.35. The van der Waals surface area contributed by atoms with Crippen LogP contribution in [0.15, 0.2) is 72.8 Å². The zero-order valence-corrected chi connectivity index (χ0v) is 26.4. The Morgan fingerprint density at radius 2 is 1.73 bits per heavy atom. The molecule has 1 saturated heterocycles. The average molecular weight is 624 g/mol. The number of fused-ring (bicyclic) bond motifs is 3. The van der Waals surface area contributed by atoms with Crippen molar-refractivity contribution in [2.45, 2.75) is 58.5 Å². The Bertz CT molecular complexity index is 1860. The highest BCUT2D eigenvalue weighted by molar-refractivity contribution is 6.31. The van der Waals surface area contributed by atoms with Crippen LogP contribution in [0.5, 0.6) is 0 Å². The summed E-state index contributed by atoms with van der Waals surface area (Å²) in [6.07, 6.45) is 2.21. The van der Waals surface area contributed by atoms with Gasteiger partial charge in [-0.25, -0.2) is 4.98 Å². The average Bonchev–Trinajstić information content (AvgIpc) is 3.34. The van der Waals surface area contributed by atoms with Gasteiger partial charge in [-0.05, 0) is 79.0 Å². The summed E-state index contributed by atoms with van der Waals surface area (Å²) >= 11 is 6.36. The number of carboxylic acids is 1. The van der Waals surface area contributed by atoms with Gasteiger partial charge in [0.1, 0.15) is 5.65 Å². The van der Waals surface area contributed by atoms with Crippen LogP contribution < -0.4 is 5.32 Å². The summed E-state index contributed by atoms with van der Waals surface area (Å²) in [5.41, 5.74) is 7.94. The van der Waals surface area contributed by atoms with Gasteiger partial charge in [0.25, 0.3) is 0 Å². The van der Waals surface area contributed by atoms with Crippen LogP contribution in [0.25, 0.3) is 21.9 Å². The van der Waals surface area contributed by atoms with Gasteiger partial charge < -0.3 is 19.7 Å². The lowest BCUT2D eigenvalue weighted by Crippen LogP contribution is -2.35.